The van der Waals surface area contributed by atoms with Crippen LogP contribution in [-0.4, -0.2) is 23.2 Å². The smallest absolute Gasteiger partial charge is 0.321 e. The molecule has 0 spiro atoms. The summed E-state index contributed by atoms with van der Waals surface area (Å²) in [6, 6.07) is 8.81. The van der Waals surface area contributed by atoms with Crippen molar-refractivity contribution in [2.75, 3.05) is 5.88 Å². The Morgan fingerprint density at radius 1 is 1.22 bits per heavy atom. The molecular formula is C14H17ClO3. The van der Waals surface area contributed by atoms with Crippen LogP contribution in [-0.2, 0) is 14.3 Å². The highest BCUT2D eigenvalue weighted by molar-refractivity contribution is 6.30. The standard InChI is InChI=1S/C14H17ClO3/c1-14(2,3)18-13(17)12(11(16)9-15)10-7-5-4-6-8-10/h4-8,12H,9H2,1-3H3. The molecule has 98 valence electrons. The van der Waals surface area contributed by atoms with Crippen molar-refractivity contribution < 1.29 is 14.3 Å². The van der Waals surface area contributed by atoms with Gasteiger partial charge >= 0.3 is 5.97 Å². The third kappa shape index (κ3) is 4.15. The van der Waals surface area contributed by atoms with Crippen LogP contribution in [0.2, 0.25) is 0 Å². The third-order valence-corrected chi connectivity index (χ3v) is 2.49. The molecule has 0 saturated carbocycles. The van der Waals surface area contributed by atoms with Crippen molar-refractivity contribution in [2.45, 2.75) is 32.3 Å². The molecule has 1 rings (SSSR count). The Labute approximate surface area is 112 Å². The first-order chi connectivity index (χ1) is 8.35. The minimum absolute atomic E-state index is 0.210. The molecule has 0 aliphatic rings. The number of ketones is 1. The number of alkyl halides is 1. The maximum atomic E-state index is 12.1. The van der Waals surface area contributed by atoms with Gasteiger partial charge in [0, 0.05) is 0 Å². The Bertz CT molecular complexity index is 420. The molecule has 1 unspecified atom stereocenters. The van der Waals surface area contributed by atoms with Crippen LogP contribution in [0.3, 0.4) is 0 Å². The summed E-state index contributed by atoms with van der Waals surface area (Å²) >= 11 is 5.55. The van der Waals surface area contributed by atoms with E-state index in [1.807, 2.05) is 6.07 Å². The van der Waals surface area contributed by atoms with E-state index in [2.05, 4.69) is 0 Å². The van der Waals surface area contributed by atoms with E-state index in [0.29, 0.717) is 5.56 Å². The Morgan fingerprint density at radius 3 is 2.22 bits per heavy atom. The SMILES string of the molecule is CC(C)(C)OC(=O)C(C(=O)CCl)c1ccccc1. The predicted molar refractivity (Wildman–Crippen MR) is 70.8 cm³/mol. The van der Waals surface area contributed by atoms with E-state index in [-0.39, 0.29) is 11.7 Å². The third-order valence-electron chi connectivity index (χ3n) is 2.23. The van der Waals surface area contributed by atoms with Gasteiger partial charge < -0.3 is 4.74 Å². The molecular weight excluding hydrogens is 252 g/mol. The number of carbonyl (C=O) groups excluding carboxylic acids is 2. The fourth-order valence-corrected chi connectivity index (χ4v) is 1.69. The lowest BCUT2D eigenvalue weighted by molar-refractivity contribution is -0.158. The van der Waals surface area contributed by atoms with E-state index in [9.17, 15) is 9.59 Å². The van der Waals surface area contributed by atoms with Gasteiger partial charge in [-0.3, -0.25) is 9.59 Å². The predicted octanol–water partition coefficient (Wildman–Crippen LogP) is 2.92. The molecule has 0 N–H and O–H groups in total. The molecule has 0 bridgehead atoms. The van der Waals surface area contributed by atoms with Crippen LogP contribution in [0.4, 0.5) is 0 Å². The Hall–Kier alpha value is -1.35. The zero-order valence-corrected chi connectivity index (χ0v) is 11.5. The van der Waals surface area contributed by atoms with Crippen LogP contribution in [0.15, 0.2) is 30.3 Å². The fraction of sp³-hybridized carbons (Fsp3) is 0.429. The summed E-state index contributed by atoms with van der Waals surface area (Å²) in [4.78, 5) is 23.9. The summed E-state index contributed by atoms with van der Waals surface area (Å²) < 4.78 is 5.26. The highest BCUT2D eigenvalue weighted by Crippen LogP contribution is 2.22. The quantitative estimate of drug-likeness (QED) is 0.479. The van der Waals surface area contributed by atoms with Crippen LogP contribution >= 0.6 is 11.6 Å². The lowest BCUT2D eigenvalue weighted by Gasteiger charge is -2.23. The number of benzene rings is 1. The van der Waals surface area contributed by atoms with Crippen LogP contribution in [0, 0.1) is 0 Å². The van der Waals surface area contributed by atoms with Crippen LogP contribution in [0.1, 0.15) is 32.3 Å². The summed E-state index contributed by atoms with van der Waals surface area (Å²) in [6.45, 7) is 5.29. The average Bonchev–Trinajstić information content (AvgIpc) is 2.28. The molecule has 0 aromatic heterocycles. The number of halogens is 1. The maximum Gasteiger partial charge on any atom is 0.321 e. The lowest BCUT2D eigenvalue weighted by Crippen LogP contribution is -2.32. The zero-order chi connectivity index (χ0) is 13.8. The number of ether oxygens (including phenoxy) is 1. The molecule has 18 heavy (non-hydrogen) atoms. The first kappa shape index (κ1) is 14.7. The van der Waals surface area contributed by atoms with Crippen molar-refractivity contribution in [1.82, 2.24) is 0 Å². The number of esters is 1. The van der Waals surface area contributed by atoms with E-state index in [4.69, 9.17) is 16.3 Å². The summed E-state index contributed by atoms with van der Waals surface area (Å²) in [5.41, 5.74) is -0.0196. The van der Waals surface area contributed by atoms with Crippen molar-refractivity contribution in [3.05, 3.63) is 35.9 Å². The average molecular weight is 269 g/mol. The maximum absolute atomic E-state index is 12.1. The first-order valence-corrected chi connectivity index (χ1v) is 6.25. The van der Waals surface area contributed by atoms with Gasteiger partial charge in [0.1, 0.15) is 11.5 Å². The second-order valence-electron chi connectivity index (χ2n) is 4.98. The number of hydrogen-bond donors (Lipinski definition) is 0. The van der Waals surface area contributed by atoms with E-state index >= 15 is 0 Å². The lowest BCUT2D eigenvalue weighted by atomic mass is 9.95. The summed E-state index contributed by atoms with van der Waals surface area (Å²) in [5.74, 6) is -2.06. The molecule has 0 fully saturated rings. The highest BCUT2D eigenvalue weighted by atomic mass is 35.5. The molecule has 0 radical (unpaired) electrons. The van der Waals surface area contributed by atoms with Crippen LogP contribution in [0.5, 0.6) is 0 Å². The molecule has 0 saturated heterocycles. The van der Waals surface area contributed by atoms with Crippen molar-refractivity contribution in [3.63, 3.8) is 0 Å². The summed E-state index contributed by atoms with van der Waals surface area (Å²) in [7, 11) is 0. The van der Waals surface area contributed by atoms with Crippen molar-refractivity contribution in [1.29, 1.82) is 0 Å². The molecule has 1 aromatic rings. The molecule has 3 nitrogen and oxygen atoms in total. The van der Waals surface area contributed by atoms with Gasteiger partial charge in [0.05, 0.1) is 5.88 Å². The zero-order valence-electron chi connectivity index (χ0n) is 10.8. The van der Waals surface area contributed by atoms with Crippen molar-refractivity contribution in [2.24, 2.45) is 0 Å². The molecule has 1 aromatic carbocycles. The molecule has 0 heterocycles. The molecule has 1 atom stereocenters. The van der Waals surface area contributed by atoms with Crippen LogP contribution < -0.4 is 0 Å². The molecule has 0 aliphatic carbocycles. The Morgan fingerprint density at radius 2 is 1.78 bits per heavy atom. The Balaban J connectivity index is 3.00. The van der Waals surface area contributed by atoms with Crippen LogP contribution in [0.25, 0.3) is 0 Å². The van der Waals surface area contributed by atoms with E-state index in [0.717, 1.165) is 0 Å². The topological polar surface area (TPSA) is 43.4 Å². The highest BCUT2D eigenvalue weighted by Gasteiger charge is 2.31. The van der Waals surface area contributed by atoms with E-state index in [1.54, 1.807) is 45.0 Å². The van der Waals surface area contributed by atoms with Gasteiger partial charge in [-0.05, 0) is 26.3 Å². The number of hydrogen-bond acceptors (Lipinski definition) is 3. The van der Waals surface area contributed by atoms with Crippen molar-refractivity contribution in [3.8, 4) is 0 Å². The van der Waals surface area contributed by atoms with Gasteiger partial charge in [-0.15, -0.1) is 11.6 Å². The van der Waals surface area contributed by atoms with Gasteiger partial charge in [0.15, 0.2) is 5.78 Å². The summed E-state index contributed by atoms with van der Waals surface area (Å²) in [6.07, 6.45) is 0. The second kappa shape index (κ2) is 6.01. The summed E-state index contributed by atoms with van der Waals surface area (Å²) in [5, 5.41) is 0. The van der Waals surface area contributed by atoms with Gasteiger partial charge in [0.25, 0.3) is 0 Å². The van der Waals surface area contributed by atoms with Gasteiger partial charge in [-0.2, -0.15) is 0 Å². The largest absolute Gasteiger partial charge is 0.459 e. The number of Topliss-reactive ketones (excluding diaryl/α,β-unsaturated/α-hetero) is 1. The minimum Gasteiger partial charge on any atom is -0.459 e. The molecule has 4 heteroatoms. The number of rotatable bonds is 4. The molecule has 0 amide bonds. The molecule has 0 aliphatic heterocycles. The fourth-order valence-electron chi connectivity index (χ4n) is 1.54. The van der Waals surface area contributed by atoms with Gasteiger partial charge in [-0.1, -0.05) is 30.3 Å². The van der Waals surface area contributed by atoms with Gasteiger partial charge in [-0.25, -0.2) is 0 Å². The number of carbonyl (C=O) groups is 2. The van der Waals surface area contributed by atoms with Gasteiger partial charge in [0.2, 0.25) is 0 Å². The van der Waals surface area contributed by atoms with E-state index in [1.165, 1.54) is 0 Å². The Kier molecular flexibility index (Phi) is 4.91. The monoisotopic (exact) mass is 268 g/mol. The van der Waals surface area contributed by atoms with E-state index < -0.39 is 17.5 Å². The second-order valence-corrected chi connectivity index (χ2v) is 5.24. The minimum atomic E-state index is -0.942. The first-order valence-electron chi connectivity index (χ1n) is 5.71. The van der Waals surface area contributed by atoms with Crippen molar-refractivity contribution >= 4 is 23.4 Å². The normalized spacial score (nSPS) is 12.9.